The molecule has 0 aliphatic rings. The van der Waals surface area contributed by atoms with Crippen molar-refractivity contribution in [2.45, 2.75) is 19.6 Å². The minimum atomic E-state index is -1.27. The summed E-state index contributed by atoms with van der Waals surface area (Å²) in [5.41, 5.74) is 0. The van der Waals surface area contributed by atoms with Gasteiger partial charge in [-0.2, -0.15) is 0 Å². The Labute approximate surface area is 46.0 Å². The molecule has 0 aliphatic carbocycles. The van der Waals surface area contributed by atoms with Crippen LogP contribution in [0.5, 0.6) is 0 Å². The van der Waals surface area contributed by atoms with Crippen LogP contribution in [0.4, 0.5) is 0 Å². The Morgan fingerprint density at radius 3 is 2.62 bits per heavy atom. The topological polar surface area (TPSA) is 72.6 Å². The van der Waals surface area contributed by atoms with E-state index in [0.29, 0.717) is 0 Å². The largest absolute Gasteiger partial charge is 0.368 e. The molecule has 8 heavy (non-hydrogen) atoms. The van der Waals surface area contributed by atoms with Gasteiger partial charge in [0.15, 0.2) is 0 Å². The lowest BCUT2D eigenvalue weighted by Crippen LogP contribution is -2.14. The van der Waals surface area contributed by atoms with Gasteiger partial charge in [0.2, 0.25) is 6.29 Å². The Morgan fingerprint density at radius 1 is 2.00 bits per heavy atom. The summed E-state index contributed by atoms with van der Waals surface area (Å²) in [6.45, 7) is 1.58. The first-order valence-electron chi connectivity index (χ1n) is 2.16. The van der Waals surface area contributed by atoms with Gasteiger partial charge in [-0.1, -0.05) is 6.92 Å². The molecule has 0 heterocycles. The third-order valence-corrected chi connectivity index (χ3v) is 0.557. The van der Waals surface area contributed by atoms with Gasteiger partial charge in [0.1, 0.15) is 0 Å². The van der Waals surface area contributed by atoms with Crippen molar-refractivity contribution < 1.29 is 15.0 Å². The maximum Gasteiger partial charge on any atom is 0.297 e. The summed E-state index contributed by atoms with van der Waals surface area (Å²) in [5, 5.41) is 16.7. The molecule has 0 aromatic heterocycles. The van der Waals surface area contributed by atoms with Crippen molar-refractivity contribution >= 4 is 0 Å². The van der Waals surface area contributed by atoms with Crippen LogP contribution in [-0.2, 0) is 4.84 Å². The fourth-order valence-corrected chi connectivity index (χ4v) is 0.174. The van der Waals surface area contributed by atoms with Crippen LogP contribution in [0, 0.1) is 10.1 Å². The van der Waals surface area contributed by atoms with Crippen molar-refractivity contribution in [1.82, 2.24) is 0 Å². The van der Waals surface area contributed by atoms with Crippen LogP contribution >= 0.6 is 0 Å². The molecule has 1 N–H and O–H groups in total. The molecule has 0 aliphatic heterocycles. The monoisotopic (exact) mass is 121 g/mol. The number of aliphatic hydroxyl groups excluding tert-OH is 1. The third kappa shape index (κ3) is 3.35. The highest BCUT2D eigenvalue weighted by Crippen LogP contribution is 1.90. The van der Waals surface area contributed by atoms with Crippen molar-refractivity contribution in [3.8, 4) is 0 Å². The Morgan fingerprint density at radius 2 is 2.50 bits per heavy atom. The molecule has 0 fully saturated rings. The molecule has 0 saturated carbocycles. The molecule has 0 spiro atoms. The quantitative estimate of drug-likeness (QED) is 0.322. The zero-order valence-electron chi connectivity index (χ0n) is 4.40. The average molecular weight is 121 g/mol. The van der Waals surface area contributed by atoms with Crippen molar-refractivity contribution in [3.05, 3.63) is 10.1 Å². The summed E-state index contributed by atoms with van der Waals surface area (Å²) < 4.78 is 0. The fourth-order valence-electron chi connectivity index (χ4n) is 0.174. The molecule has 0 bridgehead atoms. The molecular weight excluding hydrogens is 114 g/mol. The van der Waals surface area contributed by atoms with Crippen molar-refractivity contribution in [1.29, 1.82) is 0 Å². The van der Waals surface area contributed by atoms with E-state index in [4.69, 9.17) is 5.11 Å². The zero-order chi connectivity index (χ0) is 6.57. The van der Waals surface area contributed by atoms with E-state index in [1.807, 2.05) is 0 Å². The number of hydrogen-bond donors (Lipinski definition) is 1. The van der Waals surface area contributed by atoms with E-state index in [2.05, 4.69) is 4.84 Å². The molecular formula is C3H7NO4. The van der Waals surface area contributed by atoms with E-state index < -0.39 is 11.4 Å². The zero-order valence-corrected chi connectivity index (χ0v) is 4.40. The van der Waals surface area contributed by atoms with Crippen LogP contribution in [0.3, 0.4) is 0 Å². The normalized spacial score (nSPS) is 12.8. The second kappa shape index (κ2) is 3.20. The average Bonchev–Trinajstić information content (AvgIpc) is 1.65. The van der Waals surface area contributed by atoms with E-state index >= 15 is 0 Å². The van der Waals surface area contributed by atoms with Gasteiger partial charge >= 0.3 is 0 Å². The van der Waals surface area contributed by atoms with Crippen LogP contribution in [0.1, 0.15) is 13.3 Å². The standard InChI is InChI=1S/C3H7NO4/c1-2-3(5)8-4(6)7/h3,5H,2H2,1H3. The van der Waals surface area contributed by atoms with Gasteiger partial charge in [0.05, 0.1) is 0 Å². The lowest BCUT2D eigenvalue weighted by atomic mass is 10.5. The lowest BCUT2D eigenvalue weighted by Gasteiger charge is -2.01. The summed E-state index contributed by atoms with van der Waals surface area (Å²) in [6.07, 6.45) is -1.05. The highest BCUT2D eigenvalue weighted by molar-refractivity contribution is 4.25. The first-order chi connectivity index (χ1) is 3.66. The lowest BCUT2D eigenvalue weighted by molar-refractivity contribution is -0.779. The summed E-state index contributed by atoms with van der Waals surface area (Å²) in [6, 6.07) is 0. The molecule has 0 radical (unpaired) electrons. The van der Waals surface area contributed by atoms with Crippen molar-refractivity contribution in [2.75, 3.05) is 0 Å². The second-order valence-corrected chi connectivity index (χ2v) is 1.19. The molecule has 5 heteroatoms. The molecule has 0 aromatic rings. The van der Waals surface area contributed by atoms with Gasteiger partial charge in [-0.15, -0.1) is 10.1 Å². The minimum absolute atomic E-state index is 0.223. The fraction of sp³-hybridized carbons (Fsp3) is 1.00. The molecule has 48 valence electrons. The van der Waals surface area contributed by atoms with E-state index in [-0.39, 0.29) is 6.42 Å². The number of hydrogen-bond acceptors (Lipinski definition) is 4. The number of rotatable bonds is 3. The van der Waals surface area contributed by atoms with Crippen LogP contribution in [-0.4, -0.2) is 16.5 Å². The van der Waals surface area contributed by atoms with Crippen LogP contribution in [0.15, 0.2) is 0 Å². The Kier molecular flexibility index (Phi) is 2.86. The van der Waals surface area contributed by atoms with Gasteiger partial charge in [-0.3, -0.25) is 4.84 Å². The smallest absolute Gasteiger partial charge is 0.297 e. The summed E-state index contributed by atoms with van der Waals surface area (Å²) in [4.78, 5) is 13.1. The molecule has 1 atom stereocenters. The van der Waals surface area contributed by atoms with Gasteiger partial charge in [-0.25, -0.2) is 0 Å². The summed E-state index contributed by atoms with van der Waals surface area (Å²) >= 11 is 0. The number of nitrogens with zero attached hydrogens (tertiary/aromatic N) is 1. The van der Waals surface area contributed by atoms with Gasteiger partial charge in [0.25, 0.3) is 5.09 Å². The van der Waals surface area contributed by atoms with Crippen LogP contribution in [0.25, 0.3) is 0 Å². The summed E-state index contributed by atoms with van der Waals surface area (Å²) in [5.74, 6) is 0. The van der Waals surface area contributed by atoms with Crippen LogP contribution < -0.4 is 0 Å². The maximum atomic E-state index is 9.39. The van der Waals surface area contributed by atoms with Crippen LogP contribution in [0.2, 0.25) is 0 Å². The van der Waals surface area contributed by atoms with Gasteiger partial charge in [-0.05, 0) is 6.42 Å². The van der Waals surface area contributed by atoms with E-state index in [0.717, 1.165) is 0 Å². The third-order valence-electron chi connectivity index (χ3n) is 0.557. The highest BCUT2D eigenvalue weighted by atomic mass is 17.0. The summed E-state index contributed by atoms with van der Waals surface area (Å²) in [7, 11) is 0. The number of aliphatic hydroxyl groups is 1. The predicted octanol–water partition coefficient (Wildman–Crippen LogP) is -0.0769. The van der Waals surface area contributed by atoms with Crippen molar-refractivity contribution in [3.63, 3.8) is 0 Å². The molecule has 5 nitrogen and oxygen atoms in total. The van der Waals surface area contributed by atoms with Crippen molar-refractivity contribution in [2.24, 2.45) is 0 Å². The second-order valence-electron chi connectivity index (χ2n) is 1.19. The SMILES string of the molecule is CCC(O)O[N+](=O)[O-]. The Balaban J connectivity index is 3.24. The first-order valence-corrected chi connectivity index (χ1v) is 2.16. The molecule has 0 rings (SSSR count). The molecule has 1 unspecified atom stereocenters. The minimum Gasteiger partial charge on any atom is -0.368 e. The maximum absolute atomic E-state index is 9.39. The van der Waals surface area contributed by atoms with E-state index in [1.54, 1.807) is 6.92 Å². The Bertz CT molecular complexity index is 83.4. The highest BCUT2D eigenvalue weighted by Gasteiger charge is 2.03. The van der Waals surface area contributed by atoms with E-state index in [9.17, 15) is 10.1 Å². The predicted molar refractivity (Wildman–Crippen MR) is 24.4 cm³/mol. The van der Waals surface area contributed by atoms with Gasteiger partial charge in [0, 0.05) is 0 Å². The Hall–Kier alpha value is -0.840. The van der Waals surface area contributed by atoms with Gasteiger partial charge < -0.3 is 5.11 Å². The molecule has 0 amide bonds. The molecule has 0 aromatic carbocycles. The molecule has 0 saturated heterocycles. The van der Waals surface area contributed by atoms with E-state index in [1.165, 1.54) is 0 Å². The first kappa shape index (κ1) is 7.16.